The van der Waals surface area contributed by atoms with Gasteiger partial charge < -0.3 is 10.3 Å². The summed E-state index contributed by atoms with van der Waals surface area (Å²) in [7, 11) is 0. The lowest BCUT2D eigenvalue weighted by molar-refractivity contribution is -0.146. The molecule has 3 fully saturated rings. The third-order valence-corrected chi connectivity index (χ3v) is 11.6. The number of thioether (sulfide) groups is 1. The van der Waals surface area contributed by atoms with E-state index in [2.05, 4.69) is 10.3 Å². The van der Waals surface area contributed by atoms with Gasteiger partial charge in [-0.3, -0.25) is 24.1 Å². The number of likely N-dealkylation sites (tertiary alicyclic amines) is 1. The lowest BCUT2D eigenvalue weighted by Gasteiger charge is -2.43. The van der Waals surface area contributed by atoms with E-state index in [4.69, 9.17) is 11.6 Å². The average molecular weight is 566 g/mol. The first-order chi connectivity index (χ1) is 18.3. The third kappa shape index (κ3) is 3.48. The molecule has 38 heavy (non-hydrogen) atoms. The molecule has 3 amide bonds. The van der Waals surface area contributed by atoms with Crippen LogP contribution in [0.2, 0.25) is 5.02 Å². The lowest BCUT2D eigenvalue weighted by atomic mass is 9.68. The average Bonchev–Trinajstić information content (AvgIpc) is 3.63. The molecule has 1 aromatic heterocycles. The molecule has 3 aromatic rings. The molecule has 0 radical (unpaired) electrons. The second-order valence-corrected chi connectivity index (χ2v) is 13.2. The highest BCUT2D eigenvalue weighted by molar-refractivity contribution is 8.00. The molecule has 2 N–H and O–H groups in total. The Morgan fingerprint density at radius 3 is 2.42 bits per heavy atom. The topological polar surface area (TPSA) is 99.3 Å². The van der Waals surface area contributed by atoms with E-state index in [1.54, 1.807) is 30.8 Å². The number of nitrogens with zero attached hydrogens (tertiary/aromatic N) is 1. The van der Waals surface area contributed by atoms with Crippen LogP contribution >= 0.6 is 34.7 Å². The Morgan fingerprint density at radius 2 is 1.71 bits per heavy atom. The Bertz CT molecular complexity index is 1520. The fourth-order valence-corrected chi connectivity index (χ4v) is 10.4. The zero-order valence-corrected chi connectivity index (χ0v) is 22.7. The summed E-state index contributed by atoms with van der Waals surface area (Å²) in [6.45, 7) is 1.62. The summed E-state index contributed by atoms with van der Waals surface area (Å²) >= 11 is 9.06. The van der Waals surface area contributed by atoms with Crippen molar-refractivity contribution in [3.05, 3.63) is 79.7 Å². The van der Waals surface area contributed by atoms with Gasteiger partial charge in [0.25, 0.3) is 0 Å². The van der Waals surface area contributed by atoms with Crippen molar-refractivity contribution >= 4 is 58.1 Å². The van der Waals surface area contributed by atoms with Crippen LogP contribution in [0, 0.1) is 29.6 Å². The quantitative estimate of drug-likeness (QED) is 0.451. The Balaban J connectivity index is 1.22. The number of halogens is 1. The molecule has 2 bridgehead atoms. The molecule has 8 atom stereocenters. The van der Waals surface area contributed by atoms with Gasteiger partial charge in [0.2, 0.25) is 17.7 Å². The van der Waals surface area contributed by atoms with Crippen LogP contribution in [-0.4, -0.2) is 38.9 Å². The van der Waals surface area contributed by atoms with Crippen molar-refractivity contribution in [1.82, 2.24) is 9.88 Å². The number of hydrogen-bond acceptors (Lipinski definition) is 6. The van der Waals surface area contributed by atoms with Gasteiger partial charge in [-0.1, -0.05) is 53.3 Å². The normalized spacial score (nSPS) is 31.6. The van der Waals surface area contributed by atoms with Crippen molar-refractivity contribution in [2.75, 3.05) is 5.32 Å². The van der Waals surface area contributed by atoms with Crippen molar-refractivity contribution in [2.24, 2.45) is 29.6 Å². The van der Waals surface area contributed by atoms with Crippen LogP contribution in [0.25, 0.3) is 0 Å². The number of H-pyrrole nitrogens is 1. The highest BCUT2D eigenvalue weighted by Gasteiger charge is 2.70. The highest BCUT2D eigenvalue weighted by Crippen LogP contribution is 2.68. The predicted molar refractivity (Wildman–Crippen MR) is 146 cm³/mol. The second kappa shape index (κ2) is 8.83. The summed E-state index contributed by atoms with van der Waals surface area (Å²) in [4.78, 5) is 58.1. The molecule has 4 aliphatic rings. The SMILES string of the molecule is CC(C(=O)Nc1ccccc1)N1C(=O)C2C3CC(C2C1=O)C1C(c2ccc(Cl)cc2)c2sc(=O)[nH]c2SC31. The maximum Gasteiger partial charge on any atom is 0.305 e. The first-order valence-corrected chi connectivity index (χ1v) is 14.8. The van der Waals surface area contributed by atoms with E-state index >= 15 is 0 Å². The van der Waals surface area contributed by atoms with Crippen molar-refractivity contribution in [2.45, 2.75) is 35.6 Å². The van der Waals surface area contributed by atoms with Gasteiger partial charge in [0.05, 0.1) is 16.9 Å². The fourth-order valence-electron chi connectivity index (χ4n) is 7.35. The highest BCUT2D eigenvalue weighted by atomic mass is 35.5. The van der Waals surface area contributed by atoms with E-state index in [0.717, 1.165) is 21.9 Å². The molecule has 8 unspecified atom stereocenters. The van der Waals surface area contributed by atoms with E-state index in [1.807, 2.05) is 42.5 Å². The molecule has 194 valence electrons. The zero-order valence-electron chi connectivity index (χ0n) is 20.3. The molecule has 7 rings (SSSR count). The number of aromatic amines is 1. The number of carbonyl (C=O) groups is 3. The van der Waals surface area contributed by atoms with E-state index in [-0.39, 0.29) is 51.5 Å². The van der Waals surface area contributed by atoms with Crippen molar-refractivity contribution in [1.29, 1.82) is 0 Å². The van der Waals surface area contributed by atoms with Crippen molar-refractivity contribution < 1.29 is 14.4 Å². The second-order valence-electron chi connectivity index (χ2n) is 10.6. The molecule has 1 saturated heterocycles. The zero-order chi connectivity index (χ0) is 26.3. The Morgan fingerprint density at radius 1 is 1.03 bits per heavy atom. The summed E-state index contributed by atoms with van der Waals surface area (Å²) in [5.41, 5.74) is 1.69. The molecule has 10 heteroatoms. The van der Waals surface area contributed by atoms with Crippen LogP contribution < -0.4 is 10.2 Å². The summed E-state index contributed by atoms with van der Waals surface area (Å²) in [5.74, 6) is -1.66. The first-order valence-electron chi connectivity index (χ1n) is 12.7. The number of anilines is 1. The molecule has 2 aliphatic carbocycles. The Hall–Kier alpha value is -2.88. The van der Waals surface area contributed by atoms with Gasteiger partial charge in [0, 0.05) is 26.8 Å². The minimum Gasteiger partial charge on any atom is -0.324 e. The first kappa shape index (κ1) is 24.2. The molecule has 3 heterocycles. The fraction of sp³-hybridized carbons (Fsp3) is 0.357. The Kier molecular flexibility index (Phi) is 5.62. The van der Waals surface area contributed by atoms with E-state index in [1.165, 1.54) is 16.2 Å². The molecule has 0 spiro atoms. The molecule has 7 nitrogen and oxygen atoms in total. The van der Waals surface area contributed by atoms with Gasteiger partial charge in [0.15, 0.2) is 0 Å². The maximum absolute atomic E-state index is 13.8. The Labute approximate surface area is 232 Å². The number of imide groups is 1. The van der Waals surface area contributed by atoms with Crippen LogP contribution in [-0.2, 0) is 14.4 Å². The minimum absolute atomic E-state index is 0.000588. The molecular weight excluding hydrogens is 542 g/mol. The number of aromatic nitrogens is 1. The number of carbonyl (C=O) groups excluding carboxylic acids is 3. The smallest absolute Gasteiger partial charge is 0.305 e. The van der Waals surface area contributed by atoms with E-state index < -0.39 is 17.9 Å². The number of rotatable bonds is 4. The van der Waals surface area contributed by atoms with Crippen LogP contribution in [0.3, 0.4) is 0 Å². The largest absolute Gasteiger partial charge is 0.324 e. The van der Waals surface area contributed by atoms with Crippen molar-refractivity contribution in [3.8, 4) is 0 Å². The summed E-state index contributed by atoms with van der Waals surface area (Å²) < 4.78 is 0. The standard InChI is InChI=1S/C28H24ClN3O4S2/c1-12(24(33)30-15-5-3-2-4-6-15)32-26(34)20-16-11-17(21(20)27(32)35)22-19(16)18(13-7-9-14(29)10-8-13)23-25(37-22)31-28(36)38-23/h2-10,12,16-22H,11H2,1H3,(H,30,33)(H,31,36). The van der Waals surface area contributed by atoms with Gasteiger partial charge >= 0.3 is 4.87 Å². The molecule has 2 aliphatic heterocycles. The number of amides is 3. The van der Waals surface area contributed by atoms with Gasteiger partial charge in [-0.25, -0.2) is 0 Å². The van der Waals surface area contributed by atoms with Gasteiger partial charge in [-0.05, 0) is 60.9 Å². The lowest BCUT2D eigenvalue weighted by Crippen LogP contribution is -2.46. The van der Waals surface area contributed by atoms with Gasteiger partial charge in [-0.2, -0.15) is 0 Å². The van der Waals surface area contributed by atoms with Gasteiger partial charge in [0.1, 0.15) is 6.04 Å². The maximum atomic E-state index is 13.8. The monoisotopic (exact) mass is 565 g/mol. The van der Waals surface area contributed by atoms with Crippen LogP contribution in [0.4, 0.5) is 5.69 Å². The van der Waals surface area contributed by atoms with Crippen LogP contribution in [0.5, 0.6) is 0 Å². The summed E-state index contributed by atoms with van der Waals surface area (Å²) in [6.07, 6.45) is 0.802. The van der Waals surface area contributed by atoms with Crippen LogP contribution in [0.1, 0.15) is 29.7 Å². The third-order valence-electron chi connectivity index (χ3n) is 8.80. The number of thiazole rings is 1. The number of para-hydroxylation sites is 1. The van der Waals surface area contributed by atoms with Crippen LogP contribution in [0.15, 0.2) is 64.4 Å². The van der Waals surface area contributed by atoms with Crippen molar-refractivity contribution in [3.63, 3.8) is 0 Å². The molecular formula is C28H24ClN3O4S2. The van der Waals surface area contributed by atoms with Gasteiger partial charge in [-0.15, -0.1) is 11.8 Å². The molecule has 2 aromatic carbocycles. The number of fused-ring (bicyclic) bond motifs is 9. The number of benzene rings is 2. The van der Waals surface area contributed by atoms with E-state index in [0.29, 0.717) is 10.7 Å². The number of hydrogen-bond donors (Lipinski definition) is 2. The summed E-state index contributed by atoms with van der Waals surface area (Å²) in [5, 5.41) is 4.44. The minimum atomic E-state index is -0.903. The summed E-state index contributed by atoms with van der Waals surface area (Å²) in [6, 6.07) is 15.9. The molecule has 2 saturated carbocycles. The predicted octanol–water partition coefficient (Wildman–Crippen LogP) is 4.59. The van der Waals surface area contributed by atoms with E-state index in [9.17, 15) is 19.2 Å². The number of nitrogens with one attached hydrogen (secondary N) is 2.